The first kappa shape index (κ1) is 13.7. The predicted octanol–water partition coefficient (Wildman–Crippen LogP) is 4.47. The van der Waals surface area contributed by atoms with Crippen molar-refractivity contribution in [2.75, 3.05) is 0 Å². The molecule has 0 saturated heterocycles. The largest absolute Gasteiger partial charge is 0.540 e. The van der Waals surface area contributed by atoms with Crippen LogP contribution in [0.2, 0.25) is 0 Å². The molecule has 0 N–H and O–H groups in total. The molecule has 0 atom stereocenters. The van der Waals surface area contributed by atoms with Gasteiger partial charge >= 0.3 is 9.76 Å². The smallest absolute Gasteiger partial charge is 0.323 e. The Morgan fingerprint density at radius 2 is 1.00 bits per heavy atom. The SMILES string of the molecule is c1ccc(O[Si]C(c2ccccc2)c2ccccc2)cc1. The zero-order valence-corrected chi connectivity index (χ0v) is 12.6. The minimum absolute atomic E-state index is 0.271. The molecule has 0 aromatic heterocycles. The Kier molecular flexibility index (Phi) is 4.49. The lowest BCUT2D eigenvalue weighted by atomic mass is 10.0. The van der Waals surface area contributed by atoms with Gasteiger partial charge in [0, 0.05) is 5.54 Å². The molecule has 1 nitrogen and oxygen atoms in total. The van der Waals surface area contributed by atoms with Crippen LogP contribution in [0.4, 0.5) is 0 Å². The molecule has 2 heteroatoms. The van der Waals surface area contributed by atoms with Crippen LogP contribution in [0.1, 0.15) is 16.7 Å². The Bertz CT molecular complexity index is 613. The highest BCUT2D eigenvalue weighted by Gasteiger charge is 2.17. The van der Waals surface area contributed by atoms with E-state index in [9.17, 15) is 0 Å². The number of para-hydroxylation sites is 1. The maximum atomic E-state index is 6.00. The van der Waals surface area contributed by atoms with Crippen LogP contribution >= 0.6 is 0 Å². The molecule has 3 aromatic carbocycles. The van der Waals surface area contributed by atoms with E-state index in [1.165, 1.54) is 11.1 Å². The monoisotopic (exact) mass is 288 g/mol. The van der Waals surface area contributed by atoms with Gasteiger partial charge in [0.15, 0.2) is 0 Å². The van der Waals surface area contributed by atoms with Gasteiger partial charge < -0.3 is 4.43 Å². The topological polar surface area (TPSA) is 9.23 Å². The van der Waals surface area contributed by atoms with Gasteiger partial charge in [-0.15, -0.1) is 0 Å². The number of hydrogen-bond donors (Lipinski definition) is 0. The van der Waals surface area contributed by atoms with Gasteiger partial charge in [0.25, 0.3) is 0 Å². The fraction of sp³-hybridized carbons (Fsp3) is 0.0526. The van der Waals surface area contributed by atoms with E-state index in [0.717, 1.165) is 5.75 Å². The van der Waals surface area contributed by atoms with Crippen molar-refractivity contribution in [1.82, 2.24) is 0 Å². The minimum atomic E-state index is 0.271. The third-order valence-corrected chi connectivity index (χ3v) is 4.56. The molecule has 2 radical (unpaired) electrons. The summed E-state index contributed by atoms with van der Waals surface area (Å²) in [5.41, 5.74) is 2.85. The average Bonchev–Trinajstić information content (AvgIpc) is 2.58. The van der Waals surface area contributed by atoms with E-state index in [1.54, 1.807) is 0 Å². The number of hydrogen-bond acceptors (Lipinski definition) is 1. The molecule has 0 aliphatic rings. The standard InChI is InChI=1S/C19H16OSi/c1-4-10-16(11-5-1)19(17-12-6-2-7-13-17)21-20-18-14-8-3-9-15-18/h1-15,19H. The Morgan fingerprint density at radius 1 is 0.571 bits per heavy atom. The van der Waals surface area contributed by atoms with Crippen molar-refractivity contribution in [3.05, 3.63) is 102 Å². The maximum Gasteiger partial charge on any atom is 0.323 e. The summed E-state index contributed by atoms with van der Waals surface area (Å²) in [6.07, 6.45) is 0. The summed E-state index contributed by atoms with van der Waals surface area (Å²) in [6.45, 7) is 0. The van der Waals surface area contributed by atoms with Crippen LogP contribution in [0.3, 0.4) is 0 Å². The van der Waals surface area contributed by atoms with E-state index in [-0.39, 0.29) is 5.54 Å². The van der Waals surface area contributed by atoms with Gasteiger partial charge in [-0.25, -0.2) is 0 Å². The first-order chi connectivity index (χ1) is 10.4. The summed E-state index contributed by atoms with van der Waals surface area (Å²) in [7, 11) is 0.356. The molecule has 0 bridgehead atoms. The summed E-state index contributed by atoms with van der Waals surface area (Å²) >= 11 is 0. The van der Waals surface area contributed by atoms with Crippen molar-refractivity contribution >= 4 is 9.76 Å². The van der Waals surface area contributed by atoms with Crippen molar-refractivity contribution < 1.29 is 4.43 Å². The van der Waals surface area contributed by atoms with Gasteiger partial charge in [0.2, 0.25) is 0 Å². The van der Waals surface area contributed by atoms with E-state index in [2.05, 4.69) is 48.5 Å². The number of rotatable bonds is 5. The van der Waals surface area contributed by atoms with Gasteiger partial charge in [0.05, 0.1) is 0 Å². The maximum absolute atomic E-state index is 6.00. The van der Waals surface area contributed by atoms with Gasteiger partial charge in [-0.3, -0.25) is 0 Å². The van der Waals surface area contributed by atoms with E-state index >= 15 is 0 Å². The number of benzene rings is 3. The highest BCUT2D eigenvalue weighted by molar-refractivity contribution is 6.32. The molecule has 0 saturated carbocycles. The molecule has 3 aromatic rings. The third kappa shape index (κ3) is 3.61. The highest BCUT2D eigenvalue weighted by atomic mass is 28.2. The van der Waals surface area contributed by atoms with Crippen molar-refractivity contribution in [2.24, 2.45) is 0 Å². The second-order valence-electron chi connectivity index (χ2n) is 4.79. The van der Waals surface area contributed by atoms with Crippen LogP contribution in [0.25, 0.3) is 0 Å². The highest BCUT2D eigenvalue weighted by Crippen LogP contribution is 2.24. The van der Waals surface area contributed by atoms with E-state index in [0.29, 0.717) is 9.76 Å². The summed E-state index contributed by atoms with van der Waals surface area (Å²) in [4.78, 5) is 0. The molecular weight excluding hydrogens is 272 g/mol. The van der Waals surface area contributed by atoms with Crippen LogP contribution in [0.15, 0.2) is 91.0 Å². The molecule has 102 valence electrons. The van der Waals surface area contributed by atoms with Gasteiger partial charge in [-0.05, 0) is 23.3 Å². The molecule has 0 fully saturated rings. The summed E-state index contributed by atoms with van der Waals surface area (Å²) < 4.78 is 6.00. The lowest BCUT2D eigenvalue weighted by Crippen LogP contribution is -2.16. The van der Waals surface area contributed by atoms with Crippen molar-refractivity contribution in [3.8, 4) is 5.75 Å². The van der Waals surface area contributed by atoms with Crippen molar-refractivity contribution in [3.63, 3.8) is 0 Å². The van der Waals surface area contributed by atoms with E-state index < -0.39 is 0 Å². The molecule has 0 heterocycles. The normalized spacial score (nSPS) is 10.5. The molecule has 21 heavy (non-hydrogen) atoms. The Labute approximate surface area is 128 Å². The fourth-order valence-corrected chi connectivity index (χ4v) is 3.28. The Hall–Kier alpha value is -2.32. The molecule has 0 spiro atoms. The molecule has 0 aliphatic carbocycles. The summed E-state index contributed by atoms with van der Waals surface area (Å²) in [5, 5.41) is 0. The molecule has 0 amide bonds. The summed E-state index contributed by atoms with van der Waals surface area (Å²) in [6, 6.07) is 31.1. The van der Waals surface area contributed by atoms with Gasteiger partial charge in [-0.1, -0.05) is 78.9 Å². The van der Waals surface area contributed by atoms with E-state index in [4.69, 9.17) is 4.43 Å². The lowest BCUT2D eigenvalue weighted by molar-refractivity contribution is 0.584. The first-order valence-corrected chi connectivity index (χ1v) is 7.99. The Balaban J connectivity index is 1.83. The van der Waals surface area contributed by atoms with Crippen LogP contribution in [0, 0.1) is 0 Å². The quantitative estimate of drug-likeness (QED) is 0.629. The first-order valence-electron chi connectivity index (χ1n) is 7.01. The van der Waals surface area contributed by atoms with Crippen molar-refractivity contribution in [1.29, 1.82) is 0 Å². The lowest BCUT2D eigenvalue weighted by Gasteiger charge is -2.17. The van der Waals surface area contributed by atoms with E-state index in [1.807, 2.05) is 42.5 Å². The molecule has 0 unspecified atom stereocenters. The summed E-state index contributed by atoms with van der Waals surface area (Å²) in [5.74, 6) is 0.924. The van der Waals surface area contributed by atoms with Gasteiger partial charge in [-0.2, -0.15) is 0 Å². The minimum Gasteiger partial charge on any atom is -0.540 e. The Morgan fingerprint density at radius 3 is 1.48 bits per heavy atom. The van der Waals surface area contributed by atoms with Gasteiger partial charge in [0.1, 0.15) is 5.75 Å². The second-order valence-corrected chi connectivity index (χ2v) is 5.80. The molecule has 0 aliphatic heterocycles. The second kappa shape index (κ2) is 6.91. The van der Waals surface area contributed by atoms with Crippen molar-refractivity contribution in [2.45, 2.75) is 5.54 Å². The third-order valence-electron chi connectivity index (χ3n) is 3.30. The van der Waals surface area contributed by atoms with Crippen LogP contribution in [0.5, 0.6) is 5.75 Å². The van der Waals surface area contributed by atoms with Crippen LogP contribution in [-0.4, -0.2) is 9.76 Å². The van der Waals surface area contributed by atoms with Crippen LogP contribution < -0.4 is 4.43 Å². The van der Waals surface area contributed by atoms with Crippen LogP contribution in [-0.2, 0) is 0 Å². The average molecular weight is 288 g/mol. The molecule has 3 rings (SSSR count). The zero-order chi connectivity index (χ0) is 14.3. The fourth-order valence-electron chi connectivity index (χ4n) is 2.24. The predicted molar refractivity (Wildman–Crippen MR) is 87.6 cm³/mol. The zero-order valence-electron chi connectivity index (χ0n) is 11.6. The molecular formula is C19H16OSi.